The number of hydrogen-bond donors (Lipinski definition) is 1. The maximum absolute atomic E-state index is 10.1. The van der Waals surface area contributed by atoms with E-state index in [0.29, 0.717) is 5.88 Å². The molecule has 2 nitrogen and oxygen atoms in total. The predicted octanol–water partition coefficient (Wildman–Crippen LogP) is 0.946. The van der Waals surface area contributed by atoms with Crippen molar-refractivity contribution in [3.05, 3.63) is 0 Å². The van der Waals surface area contributed by atoms with Gasteiger partial charge in [-0.2, -0.15) is 0 Å². The van der Waals surface area contributed by atoms with Crippen molar-refractivity contribution in [1.29, 1.82) is 0 Å². The zero-order valence-electron chi connectivity index (χ0n) is 4.30. The van der Waals surface area contributed by atoms with Crippen molar-refractivity contribution in [2.45, 2.75) is 6.42 Å². The molecule has 1 rings (SSSR count). The number of carbonyl (C=O) groups is 1. The molecule has 0 amide bonds. The Bertz CT molecular complexity index is 113. The molecule has 1 aliphatic rings. The summed E-state index contributed by atoms with van der Waals surface area (Å²) in [4.78, 5) is 10.1. The molecular formula is C5H7ClO2. The van der Waals surface area contributed by atoms with Crippen LogP contribution < -0.4 is 0 Å². The van der Waals surface area contributed by atoms with Gasteiger partial charge >= 0.3 is 5.97 Å². The summed E-state index contributed by atoms with van der Waals surface area (Å²) in [6, 6.07) is 0. The standard InChI is InChI=1S/C5H7ClO2/c6-2-3-1-4(3)5(7)8/h3-4H,1-2H2,(H,7,8)/t3-,4+/m0/s1. The first-order valence-corrected chi connectivity index (χ1v) is 3.08. The molecule has 0 radical (unpaired) electrons. The summed E-state index contributed by atoms with van der Waals surface area (Å²) in [5.41, 5.74) is 0. The van der Waals surface area contributed by atoms with Gasteiger partial charge < -0.3 is 5.11 Å². The fourth-order valence-corrected chi connectivity index (χ4v) is 1.06. The van der Waals surface area contributed by atoms with Gasteiger partial charge in [0.05, 0.1) is 5.92 Å². The van der Waals surface area contributed by atoms with Crippen molar-refractivity contribution in [2.75, 3.05) is 5.88 Å². The van der Waals surface area contributed by atoms with Gasteiger partial charge in [-0.15, -0.1) is 11.6 Å². The highest BCUT2D eigenvalue weighted by molar-refractivity contribution is 6.18. The normalized spacial score (nSPS) is 34.6. The predicted molar refractivity (Wildman–Crippen MR) is 30.0 cm³/mol. The third-order valence-electron chi connectivity index (χ3n) is 1.44. The highest BCUT2D eigenvalue weighted by Crippen LogP contribution is 2.39. The third-order valence-corrected chi connectivity index (χ3v) is 1.83. The van der Waals surface area contributed by atoms with Gasteiger partial charge in [0, 0.05) is 5.88 Å². The van der Waals surface area contributed by atoms with Gasteiger partial charge in [-0.1, -0.05) is 0 Å². The molecule has 0 spiro atoms. The first-order valence-electron chi connectivity index (χ1n) is 2.54. The maximum atomic E-state index is 10.1. The van der Waals surface area contributed by atoms with Crippen LogP contribution in [-0.2, 0) is 4.79 Å². The Labute approximate surface area is 52.5 Å². The second-order valence-electron chi connectivity index (χ2n) is 2.09. The topological polar surface area (TPSA) is 37.3 Å². The second kappa shape index (κ2) is 1.94. The maximum Gasteiger partial charge on any atom is 0.306 e. The molecule has 0 aromatic carbocycles. The van der Waals surface area contributed by atoms with Crippen molar-refractivity contribution < 1.29 is 9.90 Å². The van der Waals surface area contributed by atoms with E-state index in [2.05, 4.69) is 0 Å². The molecule has 0 aromatic rings. The largest absolute Gasteiger partial charge is 0.481 e. The number of aliphatic carboxylic acids is 1. The van der Waals surface area contributed by atoms with Crippen molar-refractivity contribution in [2.24, 2.45) is 11.8 Å². The number of rotatable bonds is 2. The van der Waals surface area contributed by atoms with E-state index in [9.17, 15) is 4.79 Å². The van der Waals surface area contributed by atoms with Gasteiger partial charge in [-0.3, -0.25) is 4.79 Å². The summed E-state index contributed by atoms with van der Waals surface area (Å²) in [5, 5.41) is 8.30. The summed E-state index contributed by atoms with van der Waals surface area (Å²) in [6.45, 7) is 0. The Hall–Kier alpha value is -0.240. The van der Waals surface area contributed by atoms with E-state index in [1.165, 1.54) is 0 Å². The van der Waals surface area contributed by atoms with Crippen LogP contribution in [0.5, 0.6) is 0 Å². The van der Waals surface area contributed by atoms with Crippen LogP contribution in [-0.4, -0.2) is 17.0 Å². The van der Waals surface area contributed by atoms with Crippen LogP contribution in [0.1, 0.15) is 6.42 Å². The highest BCUT2D eigenvalue weighted by atomic mass is 35.5. The van der Waals surface area contributed by atoms with Gasteiger partial charge in [-0.25, -0.2) is 0 Å². The molecule has 1 saturated carbocycles. The molecular weight excluding hydrogens is 128 g/mol. The monoisotopic (exact) mass is 134 g/mol. The summed E-state index contributed by atoms with van der Waals surface area (Å²) >= 11 is 5.37. The van der Waals surface area contributed by atoms with Gasteiger partial charge in [0.2, 0.25) is 0 Å². The molecule has 8 heavy (non-hydrogen) atoms. The van der Waals surface area contributed by atoms with Crippen LogP contribution in [0.2, 0.25) is 0 Å². The van der Waals surface area contributed by atoms with Crippen LogP contribution in [0.15, 0.2) is 0 Å². The zero-order valence-corrected chi connectivity index (χ0v) is 5.06. The Kier molecular flexibility index (Phi) is 1.43. The van der Waals surface area contributed by atoms with Gasteiger partial charge in [0.15, 0.2) is 0 Å². The lowest BCUT2D eigenvalue weighted by Gasteiger charge is -1.83. The summed E-state index contributed by atoms with van der Waals surface area (Å²) < 4.78 is 0. The van der Waals surface area contributed by atoms with Gasteiger partial charge in [0.1, 0.15) is 0 Å². The molecule has 0 unspecified atom stereocenters. The molecule has 0 saturated heterocycles. The molecule has 0 bridgehead atoms. The number of halogens is 1. The first-order chi connectivity index (χ1) is 3.75. The van der Waals surface area contributed by atoms with E-state index in [1.54, 1.807) is 0 Å². The average Bonchev–Trinajstić information content (AvgIpc) is 2.42. The smallest absolute Gasteiger partial charge is 0.306 e. The number of carboxylic acid groups (broad SMARTS) is 1. The SMILES string of the molecule is O=C(O)[C@@H]1C[C@H]1CCl. The molecule has 1 N–H and O–H groups in total. The van der Waals surface area contributed by atoms with Crippen molar-refractivity contribution in [3.63, 3.8) is 0 Å². The fourth-order valence-electron chi connectivity index (χ4n) is 0.721. The number of alkyl halides is 1. The second-order valence-corrected chi connectivity index (χ2v) is 2.40. The molecule has 0 heterocycles. The lowest BCUT2D eigenvalue weighted by atomic mass is 10.3. The molecule has 46 valence electrons. The van der Waals surface area contributed by atoms with E-state index < -0.39 is 5.97 Å². The lowest BCUT2D eigenvalue weighted by molar-refractivity contribution is -0.138. The van der Waals surface area contributed by atoms with E-state index >= 15 is 0 Å². The third kappa shape index (κ3) is 0.944. The molecule has 0 aliphatic heterocycles. The van der Waals surface area contributed by atoms with Crippen LogP contribution in [0, 0.1) is 11.8 Å². The zero-order chi connectivity index (χ0) is 6.15. The minimum Gasteiger partial charge on any atom is -0.481 e. The van der Waals surface area contributed by atoms with E-state index in [1.807, 2.05) is 0 Å². The Morgan fingerprint density at radius 2 is 2.50 bits per heavy atom. The Morgan fingerprint density at radius 1 is 1.88 bits per heavy atom. The van der Waals surface area contributed by atoms with E-state index in [-0.39, 0.29) is 11.8 Å². The molecule has 2 atom stereocenters. The van der Waals surface area contributed by atoms with Crippen molar-refractivity contribution in [3.8, 4) is 0 Å². The Balaban J connectivity index is 2.26. The molecule has 1 fully saturated rings. The van der Waals surface area contributed by atoms with Gasteiger partial charge in [0.25, 0.3) is 0 Å². The van der Waals surface area contributed by atoms with Crippen LogP contribution in [0.25, 0.3) is 0 Å². The lowest BCUT2D eigenvalue weighted by Crippen LogP contribution is -1.99. The fraction of sp³-hybridized carbons (Fsp3) is 0.800. The molecule has 3 heteroatoms. The number of carboxylic acids is 1. The quantitative estimate of drug-likeness (QED) is 0.571. The summed E-state index contributed by atoms with van der Waals surface area (Å²) in [5.74, 6) is -0.0749. The summed E-state index contributed by atoms with van der Waals surface area (Å²) in [6.07, 6.45) is 0.777. The van der Waals surface area contributed by atoms with Gasteiger partial charge in [-0.05, 0) is 12.3 Å². The van der Waals surface area contributed by atoms with Crippen molar-refractivity contribution >= 4 is 17.6 Å². The molecule has 0 aromatic heterocycles. The number of hydrogen-bond acceptors (Lipinski definition) is 1. The van der Waals surface area contributed by atoms with Crippen LogP contribution in [0.4, 0.5) is 0 Å². The minimum atomic E-state index is -0.698. The van der Waals surface area contributed by atoms with Crippen LogP contribution >= 0.6 is 11.6 Å². The Morgan fingerprint density at radius 3 is 2.62 bits per heavy atom. The minimum absolute atomic E-state index is 0.132. The summed E-state index contributed by atoms with van der Waals surface area (Å²) in [7, 11) is 0. The van der Waals surface area contributed by atoms with Crippen molar-refractivity contribution in [1.82, 2.24) is 0 Å². The van der Waals surface area contributed by atoms with E-state index in [0.717, 1.165) is 6.42 Å². The highest BCUT2D eigenvalue weighted by Gasteiger charge is 2.42. The molecule has 1 aliphatic carbocycles. The van der Waals surface area contributed by atoms with Crippen LogP contribution in [0.3, 0.4) is 0 Å². The average molecular weight is 135 g/mol. The first kappa shape index (κ1) is 5.89. The van der Waals surface area contributed by atoms with E-state index in [4.69, 9.17) is 16.7 Å².